The van der Waals surface area contributed by atoms with Gasteiger partial charge in [0.05, 0.1) is 6.10 Å². The van der Waals surface area contributed by atoms with E-state index in [9.17, 15) is 9.90 Å². The van der Waals surface area contributed by atoms with Crippen molar-refractivity contribution in [3.63, 3.8) is 0 Å². The molecule has 1 saturated carbocycles. The zero-order valence-corrected chi connectivity index (χ0v) is 12.4. The SMILES string of the molecule is Cc1ccc2[nH]c(=O)c(CN[C@H]3CCCC[C@@H]3O)cc2c1. The van der Waals surface area contributed by atoms with Gasteiger partial charge in [0.2, 0.25) is 0 Å². The normalized spacial score (nSPS) is 22.6. The second-order valence-electron chi connectivity index (χ2n) is 6.05. The maximum absolute atomic E-state index is 12.1. The van der Waals surface area contributed by atoms with Gasteiger partial charge in [-0.15, -0.1) is 0 Å². The van der Waals surface area contributed by atoms with E-state index in [1.165, 1.54) is 5.56 Å². The van der Waals surface area contributed by atoms with Crippen molar-refractivity contribution in [3.8, 4) is 0 Å². The number of aliphatic hydroxyl groups excluding tert-OH is 1. The predicted octanol–water partition coefficient (Wildman–Crippen LogP) is 2.23. The number of aryl methyl sites for hydroxylation is 1. The van der Waals surface area contributed by atoms with Crippen LogP contribution in [0.1, 0.15) is 36.8 Å². The minimum absolute atomic E-state index is 0.0517. The Balaban J connectivity index is 1.80. The molecule has 0 unspecified atom stereocenters. The van der Waals surface area contributed by atoms with Crippen LogP contribution >= 0.6 is 0 Å². The van der Waals surface area contributed by atoms with Crippen LogP contribution in [0.15, 0.2) is 29.1 Å². The van der Waals surface area contributed by atoms with E-state index in [1.807, 2.05) is 25.1 Å². The summed E-state index contributed by atoms with van der Waals surface area (Å²) in [5, 5.41) is 14.4. The van der Waals surface area contributed by atoms with Gasteiger partial charge in [-0.1, -0.05) is 24.5 Å². The van der Waals surface area contributed by atoms with Gasteiger partial charge in [0.15, 0.2) is 0 Å². The van der Waals surface area contributed by atoms with E-state index < -0.39 is 0 Å². The van der Waals surface area contributed by atoms with Gasteiger partial charge in [-0.2, -0.15) is 0 Å². The Morgan fingerprint density at radius 1 is 1.29 bits per heavy atom. The van der Waals surface area contributed by atoms with E-state index in [4.69, 9.17) is 0 Å². The number of H-pyrrole nitrogens is 1. The number of rotatable bonds is 3. The van der Waals surface area contributed by atoms with E-state index in [-0.39, 0.29) is 17.7 Å². The minimum Gasteiger partial charge on any atom is -0.392 e. The molecule has 1 heterocycles. The quantitative estimate of drug-likeness (QED) is 0.810. The van der Waals surface area contributed by atoms with Crippen LogP contribution in [0.3, 0.4) is 0 Å². The van der Waals surface area contributed by atoms with E-state index in [1.54, 1.807) is 0 Å². The molecule has 3 N–H and O–H groups in total. The molecule has 1 fully saturated rings. The predicted molar refractivity (Wildman–Crippen MR) is 84.4 cm³/mol. The van der Waals surface area contributed by atoms with Crippen molar-refractivity contribution in [2.24, 2.45) is 0 Å². The molecule has 21 heavy (non-hydrogen) atoms. The smallest absolute Gasteiger partial charge is 0.252 e. The Labute approximate surface area is 124 Å². The van der Waals surface area contributed by atoms with Gasteiger partial charge >= 0.3 is 0 Å². The fourth-order valence-electron chi connectivity index (χ4n) is 3.09. The van der Waals surface area contributed by atoms with Crippen LogP contribution in [-0.2, 0) is 6.54 Å². The number of hydrogen-bond acceptors (Lipinski definition) is 3. The van der Waals surface area contributed by atoms with Crippen LogP contribution in [0, 0.1) is 6.92 Å². The van der Waals surface area contributed by atoms with Gasteiger partial charge in [0, 0.05) is 23.7 Å². The van der Waals surface area contributed by atoms with Crippen LogP contribution in [0.4, 0.5) is 0 Å². The lowest BCUT2D eigenvalue weighted by molar-refractivity contribution is 0.0902. The molecule has 0 saturated heterocycles. The second kappa shape index (κ2) is 6.00. The Hall–Kier alpha value is -1.65. The molecule has 1 aromatic carbocycles. The highest BCUT2D eigenvalue weighted by molar-refractivity contribution is 5.79. The summed E-state index contributed by atoms with van der Waals surface area (Å²) in [5.74, 6) is 0. The number of hydrogen-bond donors (Lipinski definition) is 3. The van der Waals surface area contributed by atoms with Crippen molar-refractivity contribution < 1.29 is 5.11 Å². The molecule has 0 amide bonds. The molecule has 112 valence electrons. The van der Waals surface area contributed by atoms with Crippen LogP contribution in [0.2, 0.25) is 0 Å². The molecule has 4 nitrogen and oxygen atoms in total. The van der Waals surface area contributed by atoms with Crippen molar-refractivity contribution >= 4 is 10.9 Å². The topological polar surface area (TPSA) is 65.1 Å². The summed E-state index contributed by atoms with van der Waals surface area (Å²) in [4.78, 5) is 15.0. The molecular formula is C17H22N2O2. The molecule has 0 spiro atoms. The van der Waals surface area contributed by atoms with Crippen LogP contribution in [0.5, 0.6) is 0 Å². The summed E-state index contributed by atoms with van der Waals surface area (Å²) in [6.07, 6.45) is 3.77. The lowest BCUT2D eigenvalue weighted by Gasteiger charge is -2.28. The van der Waals surface area contributed by atoms with Crippen molar-refractivity contribution in [1.82, 2.24) is 10.3 Å². The summed E-state index contributed by atoms with van der Waals surface area (Å²) >= 11 is 0. The Morgan fingerprint density at radius 2 is 2.10 bits per heavy atom. The van der Waals surface area contributed by atoms with Crippen LogP contribution in [0.25, 0.3) is 10.9 Å². The fourth-order valence-corrected chi connectivity index (χ4v) is 3.09. The fraction of sp³-hybridized carbons (Fsp3) is 0.471. The zero-order valence-electron chi connectivity index (χ0n) is 12.4. The standard InChI is InChI=1S/C17H22N2O2/c1-11-6-7-14-12(8-11)9-13(17(21)19-14)10-18-15-4-2-3-5-16(15)20/h6-9,15-16,18,20H,2-5,10H2,1H3,(H,19,21)/t15-,16-/m0/s1. The van der Waals surface area contributed by atoms with Gasteiger partial charge in [-0.3, -0.25) is 4.79 Å². The lowest BCUT2D eigenvalue weighted by Crippen LogP contribution is -2.42. The molecule has 3 rings (SSSR count). The third-order valence-corrected chi connectivity index (χ3v) is 4.36. The highest BCUT2D eigenvalue weighted by Gasteiger charge is 2.22. The highest BCUT2D eigenvalue weighted by Crippen LogP contribution is 2.19. The monoisotopic (exact) mass is 286 g/mol. The lowest BCUT2D eigenvalue weighted by atomic mass is 9.92. The molecule has 2 atom stereocenters. The second-order valence-corrected chi connectivity index (χ2v) is 6.05. The van der Waals surface area contributed by atoms with E-state index in [2.05, 4.69) is 16.4 Å². The first-order chi connectivity index (χ1) is 10.1. The van der Waals surface area contributed by atoms with Crippen LogP contribution in [-0.4, -0.2) is 22.2 Å². The zero-order chi connectivity index (χ0) is 14.8. The molecule has 0 radical (unpaired) electrons. The maximum Gasteiger partial charge on any atom is 0.252 e. The summed E-state index contributed by atoms with van der Waals surface area (Å²) in [6.45, 7) is 2.54. The van der Waals surface area contributed by atoms with Crippen molar-refractivity contribution in [1.29, 1.82) is 0 Å². The number of nitrogens with one attached hydrogen (secondary N) is 2. The molecule has 0 aliphatic heterocycles. The van der Waals surface area contributed by atoms with Gasteiger partial charge in [-0.05, 0) is 43.4 Å². The first-order valence-corrected chi connectivity index (χ1v) is 7.67. The third-order valence-electron chi connectivity index (χ3n) is 4.36. The summed E-state index contributed by atoms with van der Waals surface area (Å²) in [6, 6.07) is 8.06. The maximum atomic E-state index is 12.1. The molecule has 1 aliphatic rings. The summed E-state index contributed by atoms with van der Waals surface area (Å²) in [5.41, 5.74) is 2.72. The number of benzene rings is 1. The minimum atomic E-state index is -0.291. The Bertz CT molecular complexity index is 693. The van der Waals surface area contributed by atoms with Crippen molar-refractivity contribution in [2.75, 3.05) is 0 Å². The third kappa shape index (κ3) is 3.17. The van der Waals surface area contributed by atoms with Crippen LogP contribution < -0.4 is 10.9 Å². The molecule has 0 bridgehead atoms. The molecule has 1 aliphatic carbocycles. The molecule has 4 heteroatoms. The molecule has 1 aromatic heterocycles. The van der Waals surface area contributed by atoms with E-state index in [0.717, 1.165) is 42.1 Å². The van der Waals surface area contributed by atoms with Crippen molar-refractivity contribution in [3.05, 3.63) is 45.7 Å². The molecule has 2 aromatic rings. The highest BCUT2D eigenvalue weighted by atomic mass is 16.3. The van der Waals surface area contributed by atoms with Gasteiger partial charge in [0.1, 0.15) is 0 Å². The average Bonchev–Trinajstić information content (AvgIpc) is 2.47. The Morgan fingerprint density at radius 3 is 2.90 bits per heavy atom. The molecular weight excluding hydrogens is 264 g/mol. The number of aromatic nitrogens is 1. The van der Waals surface area contributed by atoms with Gasteiger partial charge < -0.3 is 15.4 Å². The van der Waals surface area contributed by atoms with E-state index in [0.29, 0.717) is 6.54 Å². The van der Waals surface area contributed by atoms with Crippen molar-refractivity contribution in [2.45, 2.75) is 51.3 Å². The first-order valence-electron chi connectivity index (χ1n) is 7.67. The number of fused-ring (bicyclic) bond motifs is 1. The summed E-state index contributed by atoms with van der Waals surface area (Å²) < 4.78 is 0. The number of aromatic amines is 1. The number of pyridine rings is 1. The summed E-state index contributed by atoms with van der Waals surface area (Å²) in [7, 11) is 0. The Kier molecular flexibility index (Phi) is 4.08. The average molecular weight is 286 g/mol. The largest absolute Gasteiger partial charge is 0.392 e. The van der Waals surface area contributed by atoms with Gasteiger partial charge in [-0.25, -0.2) is 0 Å². The van der Waals surface area contributed by atoms with E-state index >= 15 is 0 Å². The first kappa shape index (κ1) is 14.3. The number of aliphatic hydroxyl groups is 1. The van der Waals surface area contributed by atoms with Gasteiger partial charge in [0.25, 0.3) is 5.56 Å².